The van der Waals surface area contributed by atoms with Crippen LogP contribution in [0.4, 0.5) is 0 Å². The quantitative estimate of drug-likeness (QED) is 0.352. The molecule has 0 aliphatic carbocycles. The van der Waals surface area contributed by atoms with Gasteiger partial charge >= 0.3 is 11.9 Å². The SMILES string of the molecule is O=C(O)c1ccc(OCCCOCCOCCOCCOc2ccc(C(=O)O)cc2)cc1. The van der Waals surface area contributed by atoms with Crippen molar-refractivity contribution in [2.24, 2.45) is 0 Å². The first kappa shape index (κ1) is 25.1. The number of aromatic carboxylic acids is 2. The Labute approximate surface area is 186 Å². The van der Waals surface area contributed by atoms with Gasteiger partial charge in [-0.15, -0.1) is 0 Å². The maximum Gasteiger partial charge on any atom is 0.335 e. The number of hydrogen-bond acceptors (Lipinski definition) is 7. The second-order valence-electron chi connectivity index (χ2n) is 6.55. The Hall–Kier alpha value is -3.14. The third kappa shape index (κ3) is 10.3. The molecule has 0 saturated carbocycles. The van der Waals surface area contributed by atoms with Gasteiger partial charge in [-0.05, 0) is 48.5 Å². The van der Waals surface area contributed by atoms with Gasteiger partial charge in [-0.1, -0.05) is 0 Å². The zero-order chi connectivity index (χ0) is 23.0. The largest absolute Gasteiger partial charge is 0.494 e. The summed E-state index contributed by atoms with van der Waals surface area (Å²) in [6.45, 7) is 3.61. The van der Waals surface area contributed by atoms with E-state index in [1.165, 1.54) is 24.3 Å². The number of carboxylic acid groups (broad SMARTS) is 2. The molecule has 2 N–H and O–H groups in total. The Kier molecular flexibility index (Phi) is 11.6. The van der Waals surface area contributed by atoms with E-state index >= 15 is 0 Å². The molecule has 0 aliphatic rings. The van der Waals surface area contributed by atoms with Crippen LogP contribution in [0, 0.1) is 0 Å². The van der Waals surface area contributed by atoms with E-state index in [-0.39, 0.29) is 11.1 Å². The Morgan fingerprint density at radius 3 is 1.34 bits per heavy atom. The molecule has 9 heteroatoms. The van der Waals surface area contributed by atoms with Crippen LogP contribution in [0.15, 0.2) is 48.5 Å². The van der Waals surface area contributed by atoms with E-state index in [1.807, 2.05) is 0 Å². The fourth-order valence-corrected chi connectivity index (χ4v) is 2.50. The van der Waals surface area contributed by atoms with Crippen molar-refractivity contribution >= 4 is 11.9 Å². The van der Waals surface area contributed by atoms with E-state index in [2.05, 4.69) is 0 Å². The monoisotopic (exact) mass is 448 g/mol. The van der Waals surface area contributed by atoms with Crippen molar-refractivity contribution in [2.75, 3.05) is 52.9 Å². The summed E-state index contributed by atoms with van der Waals surface area (Å²) in [6.07, 6.45) is 0.711. The van der Waals surface area contributed by atoms with Gasteiger partial charge in [-0.25, -0.2) is 9.59 Å². The highest BCUT2D eigenvalue weighted by atomic mass is 16.6. The minimum Gasteiger partial charge on any atom is -0.494 e. The topological polar surface area (TPSA) is 121 Å². The lowest BCUT2D eigenvalue weighted by atomic mass is 10.2. The predicted molar refractivity (Wildman–Crippen MR) is 115 cm³/mol. The first-order valence-electron chi connectivity index (χ1n) is 10.2. The summed E-state index contributed by atoms with van der Waals surface area (Å²) < 4.78 is 27.3. The molecule has 0 heterocycles. The Balaban J connectivity index is 1.35. The predicted octanol–water partition coefficient (Wildman–Crippen LogP) is 2.98. The van der Waals surface area contributed by atoms with Crippen molar-refractivity contribution in [1.29, 1.82) is 0 Å². The van der Waals surface area contributed by atoms with Crippen molar-refractivity contribution in [1.82, 2.24) is 0 Å². The van der Waals surface area contributed by atoms with E-state index in [1.54, 1.807) is 24.3 Å². The van der Waals surface area contributed by atoms with Crippen LogP contribution in [0.25, 0.3) is 0 Å². The third-order valence-corrected chi connectivity index (χ3v) is 4.14. The van der Waals surface area contributed by atoms with Crippen molar-refractivity contribution in [2.45, 2.75) is 6.42 Å². The lowest BCUT2D eigenvalue weighted by Crippen LogP contribution is -2.13. The van der Waals surface area contributed by atoms with E-state index in [9.17, 15) is 9.59 Å². The van der Waals surface area contributed by atoms with Crippen LogP contribution in [-0.2, 0) is 14.2 Å². The molecular weight excluding hydrogens is 420 g/mol. The molecule has 9 nitrogen and oxygen atoms in total. The number of rotatable bonds is 17. The molecule has 0 radical (unpaired) electrons. The van der Waals surface area contributed by atoms with Gasteiger partial charge in [0, 0.05) is 13.0 Å². The van der Waals surface area contributed by atoms with Crippen LogP contribution < -0.4 is 9.47 Å². The van der Waals surface area contributed by atoms with E-state index in [0.29, 0.717) is 70.8 Å². The second kappa shape index (κ2) is 14.8. The van der Waals surface area contributed by atoms with Gasteiger partial charge in [0.15, 0.2) is 0 Å². The van der Waals surface area contributed by atoms with Crippen molar-refractivity contribution in [3.63, 3.8) is 0 Å². The summed E-state index contributed by atoms with van der Waals surface area (Å²) in [5, 5.41) is 17.7. The maximum absolute atomic E-state index is 10.8. The molecule has 0 saturated heterocycles. The van der Waals surface area contributed by atoms with Gasteiger partial charge in [0.1, 0.15) is 18.1 Å². The number of carbonyl (C=O) groups is 2. The molecule has 2 aromatic rings. The molecule has 0 unspecified atom stereocenters. The summed E-state index contributed by atoms with van der Waals surface area (Å²) >= 11 is 0. The van der Waals surface area contributed by atoms with Crippen LogP contribution in [0.3, 0.4) is 0 Å². The van der Waals surface area contributed by atoms with Gasteiger partial charge in [0.2, 0.25) is 0 Å². The van der Waals surface area contributed by atoms with Gasteiger partial charge in [-0.2, -0.15) is 0 Å². The van der Waals surface area contributed by atoms with Crippen molar-refractivity contribution in [3.05, 3.63) is 59.7 Å². The highest BCUT2D eigenvalue weighted by Crippen LogP contribution is 2.13. The number of benzene rings is 2. The zero-order valence-electron chi connectivity index (χ0n) is 17.7. The molecule has 2 rings (SSSR count). The first-order chi connectivity index (χ1) is 15.6. The molecule has 32 heavy (non-hydrogen) atoms. The Bertz CT molecular complexity index is 734. The first-order valence-corrected chi connectivity index (χ1v) is 10.2. The van der Waals surface area contributed by atoms with Gasteiger partial charge in [-0.3, -0.25) is 0 Å². The van der Waals surface area contributed by atoms with Gasteiger partial charge in [0.05, 0.1) is 50.8 Å². The average Bonchev–Trinajstić information content (AvgIpc) is 2.80. The highest BCUT2D eigenvalue weighted by molar-refractivity contribution is 5.88. The molecule has 0 aromatic heterocycles. The van der Waals surface area contributed by atoms with Gasteiger partial charge in [0.25, 0.3) is 0 Å². The molecule has 0 fully saturated rings. The van der Waals surface area contributed by atoms with E-state index in [4.69, 9.17) is 33.9 Å². The van der Waals surface area contributed by atoms with Crippen LogP contribution in [-0.4, -0.2) is 75.0 Å². The Morgan fingerprint density at radius 2 is 0.906 bits per heavy atom. The minimum atomic E-state index is -0.971. The summed E-state index contributed by atoms with van der Waals surface area (Å²) in [5.74, 6) is -0.718. The maximum atomic E-state index is 10.8. The molecule has 0 atom stereocenters. The number of ether oxygens (including phenoxy) is 5. The zero-order valence-corrected chi connectivity index (χ0v) is 17.7. The van der Waals surface area contributed by atoms with Crippen molar-refractivity contribution in [3.8, 4) is 11.5 Å². The molecule has 174 valence electrons. The fraction of sp³-hybridized carbons (Fsp3) is 0.391. The second-order valence-corrected chi connectivity index (χ2v) is 6.55. The summed E-state index contributed by atoms with van der Waals surface area (Å²) in [7, 11) is 0. The lowest BCUT2D eigenvalue weighted by molar-refractivity contribution is 0.00785. The summed E-state index contributed by atoms with van der Waals surface area (Å²) in [5.41, 5.74) is 0.442. The highest BCUT2D eigenvalue weighted by Gasteiger charge is 2.03. The molecule has 0 amide bonds. The number of carboxylic acids is 2. The van der Waals surface area contributed by atoms with Gasteiger partial charge < -0.3 is 33.9 Å². The molecule has 0 spiro atoms. The average molecular weight is 448 g/mol. The summed E-state index contributed by atoms with van der Waals surface area (Å²) in [6, 6.07) is 12.5. The van der Waals surface area contributed by atoms with Crippen LogP contribution in [0.2, 0.25) is 0 Å². The fourth-order valence-electron chi connectivity index (χ4n) is 2.50. The standard InChI is InChI=1S/C23H28O9/c24-22(25)18-2-6-20(7-3-18)31-11-1-10-28-12-13-29-14-15-30-16-17-32-21-8-4-19(5-9-21)23(26)27/h2-9H,1,10-17H2,(H,24,25)(H,26,27). The summed E-state index contributed by atoms with van der Waals surface area (Å²) in [4.78, 5) is 21.5. The number of hydrogen-bond donors (Lipinski definition) is 2. The van der Waals surface area contributed by atoms with E-state index in [0.717, 1.165) is 0 Å². The minimum absolute atomic E-state index is 0.216. The smallest absolute Gasteiger partial charge is 0.335 e. The molecule has 0 bridgehead atoms. The third-order valence-electron chi connectivity index (χ3n) is 4.14. The van der Waals surface area contributed by atoms with Crippen molar-refractivity contribution < 1.29 is 43.5 Å². The normalized spacial score (nSPS) is 10.6. The lowest BCUT2D eigenvalue weighted by Gasteiger charge is -2.09. The molecular formula is C23H28O9. The van der Waals surface area contributed by atoms with Crippen LogP contribution in [0.5, 0.6) is 11.5 Å². The van der Waals surface area contributed by atoms with E-state index < -0.39 is 11.9 Å². The Morgan fingerprint density at radius 1 is 0.531 bits per heavy atom. The molecule has 0 aliphatic heterocycles. The molecule has 2 aromatic carbocycles. The van der Waals surface area contributed by atoms with Crippen LogP contribution in [0.1, 0.15) is 27.1 Å². The van der Waals surface area contributed by atoms with Crippen LogP contribution >= 0.6 is 0 Å².